The molecule has 1 heteroatoms. The predicted octanol–water partition coefficient (Wildman–Crippen LogP) is 3.23. The first-order valence-corrected chi connectivity index (χ1v) is 5.68. The summed E-state index contributed by atoms with van der Waals surface area (Å²) in [5, 5.41) is 0. The highest BCUT2D eigenvalue weighted by Crippen LogP contribution is 2.28. The molecule has 1 aromatic heterocycles. The highest BCUT2D eigenvalue weighted by Gasteiger charge is 2.19. The minimum absolute atomic E-state index is 0.832. The second-order valence-corrected chi connectivity index (χ2v) is 4.85. The Bertz CT molecular complexity index is 304. The molecule has 76 valence electrons. The van der Waals surface area contributed by atoms with E-state index in [1.54, 1.807) is 0 Å². The van der Waals surface area contributed by atoms with Gasteiger partial charge < -0.3 is 0 Å². The molecule has 0 bridgehead atoms. The summed E-state index contributed by atoms with van der Waals surface area (Å²) in [4.78, 5) is 4.43. The summed E-state index contributed by atoms with van der Waals surface area (Å²) >= 11 is 0. The first-order chi connectivity index (χ1) is 6.75. The van der Waals surface area contributed by atoms with Crippen LogP contribution in [0, 0.1) is 11.8 Å². The number of hydrogen-bond donors (Lipinski definition) is 0. The highest BCUT2D eigenvalue weighted by molar-refractivity contribution is 5.22. The molecule has 0 saturated heterocycles. The van der Waals surface area contributed by atoms with Crippen molar-refractivity contribution in [3.63, 3.8) is 0 Å². The average molecular weight is 189 g/mol. The largest absolute Gasteiger partial charge is 0.261 e. The van der Waals surface area contributed by atoms with E-state index in [1.165, 1.54) is 36.9 Å². The van der Waals surface area contributed by atoms with Gasteiger partial charge in [-0.1, -0.05) is 19.9 Å². The minimum atomic E-state index is 0.832. The maximum Gasteiger partial charge on any atom is 0.0435 e. The van der Waals surface area contributed by atoms with Gasteiger partial charge in [0.2, 0.25) is 0 Å². The molecule has 0 aromatic carbocycles. The number of fused-ring (bicyclic) bond motifs is 1. The van der Waals surface area contributed by atoms with E-state index >= 15 is 0 Å². The van der Waals surface area contributed by atoms with Crippen LogP contribution in [0.2, 0.25) is 0 Å². The van der Waals surface area contributed by atoms with Gasteiger partial charge in [0.05, 0.1) is 0 Å². The van der Waals surface area contributed by atoms with Crippen molar-refractivity contribution >= 4 is 0 Å². The zero-order valence-electron chi connectivity index (χ0n) is 9.16. The van der Waals surface area contributed by atoms with Gasteiger partial charge in [-0.25, -0.2) is 0 Å². The van der Waals surface area contributed by atoms with Gasteiger partial charge in [-0.3, -0.25) is 4.98 Å². The Labute approximate surface area is 86.6 Å². The SMILES string of the molecule is CC(C)CC1CCc2ncccc2C1. The normalized spacial score (nSPS) is 20.9. The number of aryl methyl sites for hydroxylation is 1. The van der Waals surface area contributed by atoms with Gasteiger partial charge >= 0.3 is 0 Å². The van der Waals surface area contributed by atoms with E-state index in [2.05, 4.69) is 31.0 Å². The van der Waals surface area contributed by atoms with Crippen LogP contribution in [0.5, 0.6) is 0 Å². The summed E-state index contributed by atoms with van der Waals surface area (Å²) in [5.41, 5.74) is 2.83. The van der Waals surface area contributed by atoms with Crippen molar-refractivity contribution in [2.24, 2.45) is 11.8 Å². The molecule has 1 atom stereocenters. The molecule has 1 aliphatic rings. The lowest BCUT2D eigenvalue weighted by Crippen LogP contribution is -2.16. The molecule has 1 nitrogen and oxygen atoms in total. The fraction of sp³-hybridized carbons (Fsp3) is 0.615. The van der Waals surface area contributed by atoms with Crippen molar-refractivity contribution < 1.29 is 0 Å². The Morgan fingerprint density at radius 3 is 3.14 bits per heavy atom. The van der Waals surface area contributed by atoms with Crippen LogP contribution in [-0.2, 0) is 12.8 Å². The zero-order chi connectivity index (χ0) is 9.97. The first kappa shape index (κ1) is 9.70. The molecular weight excluding hydrogens is 170 g/mol. The van der Waals surface area contributed by atoms with Crippen LogP contribution < -0.4 is 0 Å². The van der Waals surface area contributed by atoms with E-state index in [0.717, 1.165) is 11.8 Å². The van der Waals surface area contributed by atoms with E-state index in [-0.39, 0.29) is 0 Å². The molecule has 1 heterocycles. The zero-order valence-corrected chi connectivity index (χ0v) is 9.16. The van der Waals surface area contributed by atoms with Crippen molar-refractivity contribution in [1.82, 2.24) is 4.98 Å². The summed E-state index contributed by atoms with van der Waals surface area (Å²) in [6.07, 6.45) is 7.06. The average Bonchev–Trinajstić information content (AvgIpc) is 2.17. The minimum Gasteiger partial charge on any atom is -0.261 e. The van der Waals surface area contributed by atoms with Crippen LogP contribution in [0.4, 0.5) is 0 Å². The Kier molecular flexibility index (Phi) is 2.85. The number of rotatable bonds is 2. The van der Waals surface area contributed by atoms with E-state index in [4.69, 9.17) is 0 Å². The standard InChI is InChI=1S/C13H19N/c1-10(2)8-11-5-6-13-12(9-11)4-3-7-14-13/h3-4,7,10-11H,5-6,8-9H2,1-2H3. The second kappa shape index (κ2) is 4.12. The van der Waals surface area contributed by atoms with Crippen LogP contribution in [0.1, 0.15) is 37.9 Å². The summed E-state index contributed by atoms with van der Waals surface area (Å²) in [6, 6.07) is 4.31. The number of aromatic nitrogens is 1. The first-order valence-electron chi connectivity index (χ1n) is 5.68. The van der Waals surface area contributed by atoms with E-state index in [0.29, 0.717) is 0 Å². The number of hydrogen-bond acceptors (Lipinski definition) is 1. The van der Waals surface area contributed by atoms with Crippen LogP contribution in [0.25, 0.3) is 0 Å². The molecule has 0 aliphatic heterocycles. The molecule has 14 heavy (non-hydrogen) atoms. The molecule has 0 fully saturated rings. The Hall–Kier alpha value is -0.850. The molecule has 1 aromatic rings. The lowest BCUT2D eigenvalue weighted by molar-refractivity contribution is 0.367. The maximum atomic E-state index is 4.43. The summed E-state index contributed by atoms with van der Waals surface area (Å²) in [7, 11) is 0. The third-order valence-electron chi connectivity index (χ3n) is 3.09. The molecular formula is C13H19N. The second-order valence-electron chi connectivity index (χ2n) is 4.85. The van der Waals surface area contributed by atoms with Crippen LogP contribution in [0.15, 0.2) is 18.3 Å². The predicted molar refractivity (Wildman–Crippen MR) is 59.2 cm³/mol. The maximum absolute atomic E-state index is 4.43. The third kappa shape index (κ3) is 2.14. The topological polar surface area (TPSA) is 12.9 Å². The van der Waals surface area contributed by atoms with Gasteiger partial charge in [0.1, 0.15) is 0 Å². The summed E-state index contributed by atoms with van der Waals surface area (Å²) < 4.78 is 0. The van der Waals surface area contributed by atoms with Crippen molar-refractivity contribution in [2.75, 3.05) is 0 Å². The Morgan fingerprint density at radius 1 is 1.50 bits per heavy atom. The van der Waals surface area contributed by atoms with E-state index < -0.39 is 0 Å². The number of pyridine rings is 1. The van der Waals surface area contributed by atoms with Gasteiger partial charge in [0, 0.05) is 11.9 Å². The van der Waals surface area contributed by atoms with Crippen LogP contribution in [0.3, 0.4) is 0 Å². The smallest absolute Gasteiger partial charge is 0.0435 e. The summed E-state index contributed by atoms with van der Waals surface area (Å²) in [5.74, 6) is 1.73. The van der Waals surface area contributed by atoms with Gasteiger partial charge in [-0.2, -0.15) is 0 Å². The molecule has 0 radical (unpaired) electrons. The van der Waals surface area contributed by atoms with Gasteiger partial charge in [0.15, 0.2) is 0 Å². The van der Waals surface area contributed by atoms with Crippen molar-refractivity contribution in [3.8, 4) is 0 Å². The fourth-order valence-electron chi connectivity index (χ4n) is 2.50. The molecule has 1 unspecified atom stereocenters. The Balaban J connectivity index is 2.06. The third-order valence-corrected chi connectivity index (χ3v) is 3.09. The monoisotopic (exact) mass is 189 g/mol. The van der Waals surface area contributed by atoms with Crippen LogP contribution in [-0.4, -0.2) is 4.98 Å². The molecule has 2 rings (SSSR count). The van der Waals surface area contributed by atoms with Crippen molar-refractivity contribution in [3.05, 3.63) is 29.6 Å². The summed E-state index contributed by atoms with van der Waals surface area (Å²) in [6.45, 7) is 4.64. The molecule has 1 aliphatic carbocycles. The van der Waals surface area contributed by atoms with E-state index in [1.807, 2.05) is 6.20 Å². The van der Waals surface area contributed by atoms with Gasteiger partial charge in [-0.15, -0.1) is 0 Å². The molecule has 0 N–H and O–H groups in total. The quantitative estimate of drug-likeness (QED) is 0.696. The van der Waals surface area contributed by atoms with Crippen molar-refractivity contribution in [2.45, 2.75) is 39.5 Å². The fourth-order valence-corrected chi connectivity index (χ4v) is 2.50. The lowest BCUT2D eigenvalue weighted by Gasteiger charge is -2.24. The number of nitrogens with zero attached hydrogens (tertiary/aromatic N) is 1. The highest BCUT2D eigenvalue weighted by atomic mass is 14.7. The van der Waals surface area contributed by atoms with Gasteiger partial charge in [-0.05, 0) is 49.1 Å². The van der Waals surface area contributed by atoms with Crippen LogP contribution >= 0.6 is 0 Å². The van der Waals surface area contributed by atoms with E-state index in [9.17, 15) is 0 Å². The van der Waals surface area contributed by atoms with Crippen molar-refractivity contribution in [1.29, 1.82) is 0 Å². The molecule has 0 spiro atoms. The molecule has 0 saturated carbocycles. The van der Waals surface area contributed by atoms with Gasteiger partial charge in [0.25, 0.3) is 0 Å². The lowest BCUT2D eigenvalue weighted by atomic mass is 9.82. The Morgan fingerprint density at radius 2 is 2.36 bits per heavy atom. The molecule has 0 amide bonds.